The Labute approximate surface area is 178 Å². The summed E-state index contributed by atoms with van der Waals surface area (Å²) in [6.07, 6.45) is 0. The highest BCUT2D eigenvalue weighted by Crippen LogP contribution is 2.20. The number of nitriles is 1. The average molecular weight is 423 g/mol. The summed E-state index contributed by atoms with van der Waals surface area (Å²) in [7, 11) is 0. The second kappa shape index (κ2) is 9.37. The van der Waals surface area contributed by atoms with Crippen LogP contribution in [0.15, 0.2) is 47.8 Å². The molecule has 1 N–H and O–H groups in total. The van der Waals surface area contributed by atoms with Crippen LogP contribution in [0.1, 0.15) is 40.5 Å². The number of benzene rings is 1. The summed E-state index contributed by atoms with van der Waals surface area (Å²) in [6.45, 7) is 5.27. The minimum absolute atomic E-state index is 0.129. The van der Waals surface area contributed by atoms with Crippen molar-refractivity contribution >= 4 is 23.2 Å². The lowest BCUT2D eigenvalue weighted by atomic mass is 10.0. The van der Waals surface area contributed by atoms with Crippen LogP contribution in [0, 0.1) is 24.2 Å². The van der Waals surface area contributed by atoms with Gasteiger partial charge in [0.2, 0.25) is 0 Å². The fourth-order valence-electron chi connectivity index (χ4n) is 2.98. The highest BCUT2D eigenvalue weighted by Gasteiger charge is 2.27. The summed E-state index contributed by atoms with van der Waals surface area (Å²) in [4.78, 5) is 25.7. The molecule has 0 aliphatic rings. The van der Waals surface area contributed by atoms with Crippen molar-refractivity contribution < 1.29 is 14.3 Å². The molecule has 30 heavy (non-hydrogen) atoms. The van der Waals surface area contributed by atoms with Crippen molar-refractivity contribution in [2.45, 2.75) is 33.4 Å². The number of carbonyl (C=O) groups is 2. The van der Waals surface area contributed by atoms with Crippen LogP contribution >= 0.6 is 11.3 Å². The first-order valence-corrected chi connectivity index (χ1v) is 10.3. The SMILES string of the molecule is Cc1nn(-c2ccccc2)c(COC(=O)C(NC(=O)c2cccs2)C(C)C)c1C#N. The molecule has 0 spiro atoms. The second-order valence-electron chi connectivity index (χ2n) is 7.05. The number of amides is 1. The number of para-hydroxylation sites is 1. The molecule has 0 saturated carbocycles. The molecule has 0 bridgehead atoms. The lowest BCUT2D eigenvalue weighted by molar-refractivity contribution is -0.148. The summed E-state index contributed by atoms with van der Waals surface area (Å²) in [5.74, 6) is -1.04. The molecular weight excluding hydrogens is 400 g/mol. The van der Waals surface area contributed by atoms with E-state index in [-0.39, 0.29) is 18.4 Å². The molecule has 3 rings (SSSR count). The number of ether oxygens (including phenoxy) is 1. The third-order valence-electron chi connectivity index (χ3n) is 4.57. The predicted molar refractivity (Wildman–Crippen MR) is 113 cm³/mol. The van der Waals surface area contributed by atoms with E-state index in [2.05, 4.69) is 16.5 Å². The van der Waals surface area contributed by atoms with Crippen LogP contribution < -0.4 is 5.32 Å². The number of nitrogens with one attached hydrogen (secondary N) is 1. The van der Waals surface area contributed by atoms with Crippen molar-refractivity contribution in [1.29, 1.82) is 5.26 Å². The van der Waals surface area contributed by atoms with Crippen molar-refractivity contribution in [1.82, 2.24) is 15.1 Å². The number of esters is 1. The Morgan fingerprint density at radius 3 is 2.57 bits per heavy atom. The molecule has 2 heterocycles. The number of hydrogen-bond acceptors (Lipinski definition) is 6. The number of carbonyl (C=O) groups excluding carboxylic acids is 2. The summed E-state index contributed by atoms with van der Waals surface area (Å²) < 4.78 is 7.13. The van der Waals surface area contributed by atoms with Crippen LogP contribution in [0.2, 0.25) is 0 Å². The molecule has 1 aromatic carbocycles. The fraction of sp³-hybridized carbons (Fsp3) is 0.273. The maximum Gasteiger partial charge on any atom is 0.329 e. The normalized spacial score (nSPS) is 11.7. The maximum absolute atomic E-state index is 12.8. The van der Waals surface area contributed by atoms with Crippen LogP contribution in [-0.2, 0) is 16.1 Å². The third kappa shape index (κ3) is 4.58. The van der Waals surface area contributed by atoms with Gasteiger partial charge in [0.1, 0.15) is 24.3 Å². The molecule has 7 nitrogen and oxygen atoms in total. The molecule has 0 aliphatic heterocycles. The van der Waals surface area contributed by atoms with Gasteiger partial charge in [0.15, 0.2) is 0 Å². The predicted octanol–water partition coefficient (Wildman–Crippen LogP) is 3.61. The fourth-order valence-corrected chi connectivity index (χ4v) is 3.61. The van der Waals surface area contributed by atoms with Gasteiger partial charge in [-0.15, -0.1) is 11.3 Å². The molecule has 2 aromatic heterocycles. The Hall–Kier alpha value is -3.44. The zero-order valence-corrected chi connectivity index (χ0v) is 17.8. The number of rotatable bonds is 7. The largest absolute Gasteiger partial charge is 0.458 e. The summed E-state index contributed by atoms with van der Waals surface area (Å²) in [5, 5.41) is 18.5. The Morgan fingerprint density at radius 1 is 1.23 bits per heavy atom. The van der Waals surface area contributed by atoms with E-state index in [0.29, 0.717) is 21.8 Å². The summed E-state index contributed by atoms with van der Waals surface area (Å²) in [6, 6.07) is 14.1. The van der Waals surface area contributed by atoms with Crippen molar-refractivity contribution in [3.63, 3.8) is 0 Å². The molecule has 1 amide bonds. The van der Waals surface area contributed by atoms with E-state index in [4.69, 9.17) is 4.74 Å². The van der Waals surface area contributed by atoms with Crippen molar-refractivity contribution in [3.8, 4) is 11.8 Å². The van der Waals surface area contributed by atoms with E-state index in [0.717, 1.165) is 5.69 Å². The monoisotopic (exact) mass is 422 g/mol. The second-order valence-corrected chi connectivity index (χ2v) is 7.99. The zero-order valence-electron chi connectivity index (χ0n) is 17.0. The smallest absolute Gasteiger partial charge is 0.329 e. The Morgan fingerprint density at radius 2 is 1.97 bits per heavy atom. The van der Waals surface area contributed by atoms with Gasteiger partial charge in [-0.05, 0) is 36.4 Å². The molecule has 8 heteroatoms. The van der Waals surface area contributed by atoms with Gasteiger partial charge in [0.25, 0.3) is 5.91 Å². The lowest BCUT2D eigenvalue weighted by Crippen LogP contribution is -2.45. The van der Waals surface area contributed by atoms with Crippen molar-refractivity contribution in [2.24, 2.45) is 5.92 Å². The Balaban J connectivity index is 1.79. The van der Waals surface area contributed by atoms with E-state index in [1.165, 1.54) is 11.3 Å². The molecule has 0 radical (unpaired) electrons. The van der Waals surface area contributed by atoms with E-state index in [1.54, 1.807) is 29.1 Å². The highest BCUT2D eigenvalue weighted by atomic mass is 32.1. The number of aromatic nitrogens is 2. The third-order valence-corrected chi connectivity index (χ3v) is 5.44. The number of hydrogen-bond donors (Lipinski definition) is 1. The first-order chi connectivity index (χ1) is 14.4. The summed E-state index contributed by atoms with van der Waals surface area (Å²) >= 11 is 1.30. The van der Waals surface area contributed by atoms with Gasteiger partial charge in [-0.2, -0.15) is 10.4 Å². The van der Waals surface area contributed by atoms with E-state index in [1.807, 2.05) is 44.2 Å². The molecule has 1 atom stereocenters. The highest BCUT2D eigenvalue weighted by molar-refractivity contribution is 7.12. The van der Waals surface area contributed by atoms with Gasteiger partial charge in [-0.1, -0.05) is 38.1 Å². The van der Waals surface area contributed by atoms with E-state index in [9.17, 15) is 14.9 Å². The topological polar surface area (TPSA) is 97.0 Å². The van der Waals surface area contributed by atoms with Crippen LogP contribution in [-0.4, -0.2) is 27.7 Å². The van der Waals surface area contributed by atoms with E-state index < -0.39 is 12.0 Å². The first-order valence-electron chi connectivity index (χ1n) is 9.47. The molecule has 0 aliphatic carbocycles. The first kappa shape index (κ1) is 21.3. The van der Waals surface area contributed by atoms with Gasteiger partial charge < -0.3 is 10.1 Å². The molecule has 1 unspecified atom stereocenters. The number of thiophene rings is 1. The van der Waals surface area contributed by atoms with Crippen LogP contribution in [0.25, 0.3) is 5.69 Å². The minimum Gasteiger partial charge on any atom is -0.458 e. The van der Waals surface area contributed by atoms with Gasteiger partial charge in [-0.25, -0.2) is 9.48 Å². The lowest BCUT2D eigenvalue weighted by Gasteiger charge is -2.20. The standard InChI is InChI=1S/C22H22N4O3S/c1-14(2)20(24-21(27)19-10-7-11-30-19)22(28)29-13-18-17(12-23)15(3)25-26(18)16-8-5-4-6-9-16/h4-11,14,20H,13H2,1-3H3,(H,24,27). The summed E-state index contributed by atoms with van der Waals surface area (Å²) in [5.41, 5.74) is 2.18. The maximum atomic E-state index is 12.8. The molecular formula is C22H22N4O3S. The van der Waals surface area contributed by atoms with Gasteiger partial charge >= 0.3 is 5.97 Å². The van der Waals surface area contributed by atoms with Crippen LogP contribution in [0.3, 0.4) is 0 Å². The van der Waals surface area contributed by atoms with Crippen LogP contribution in [0.4, 0.5) is 0 Å². The molecule has 0 fully saturated rings. The van der Waals surface area contributed by atoms with E-state index >= 15 is 0 Å². The van der Waals surface area contributed by atoms with Gasteiger partial charge in [-0.3, -0.25) is 4.79 Å². The Bertz CT molecular complexity index is 1070. The zero-order chi connectivity index (χ0) is 21.7. The minimum atomic E-state index is -0.806. The number of nitrogens with zero attached hydrogens (tertiary/aromatic N) is 3. The van der Waals surface area contributed by atoms with Crippen molar-refractivity contribution in [2.75, 3.05) is 0 Å². The van der Waals surface area contributed by atoms with Gasteiger partial charge in [0.05, 0.1) is 22.0 Å². The van der Waals surface area contributed by atoms with Crippen molar-refractivity contribution in [3.05, 3.63) is 69.7 Å². The Kier molecular flexibility index (Phi) is 6.65. The quantitative estimate of drug-likeness (QED) is 0.587. The average Bonchev–Trinajstić information content (AvgIpc) is 3.38. The molecule has 154 valence electrons. The molecule has 3 aromatic rings. The molecule has 0 saturated heterocycles. The number of aryl methyl sites for hydroxylation is 1. The van der Waals surface area contributed by atoms with Gasteiger partial charge in [0, 0.05) is 0 Å². The van der Waals surface area contributed by atoms with Crippen LogP contribution in [0.5, 0.6) is 0 Å².